The molecule has 5 heteroatoms. The average molecular weight is 227 g/mol. The van der Waals surface area contributed by atoms with Crippen molar-refractivity contribution in [3.05, 3.63) is 10.6 Å². The highest BCUT2D eigenvalue weighted by molar-refractivity contribution is 7.71. The summed E-state index contributed by atoms with van der Waals surface area (Å²) < 4.78 is 8.19. The van der Waals surface area contributed by atoms with Gasteiger partial charge in [0.15, 0.2) is 4.77 Å². The van der Waals surface area contributed by atoms with Crippen molar-refractivity contribution in [1.82, 2.24) is 14.8 Å². The van der Waals surface area contributed by atoms with Gasteiger partial charge >= 0.3 is 0 Å². The van der Waals surface area contributed by atoms with Crippen LogP contribution in [0.15, 0.2) is 0 Å². The first-order valence-corrected chi connectivity index (χ1v) is 5.71. The minimum atomic E-state index is 0.297. The summed E-state index contributed by atoms with van der Waals surface area (Å²) in [5, 5.41) is 6.96. The first kappa shape index (κ1) is 10.8. The van der Waals surface area contributed by atoms with E-state index < -0.39 is 0 Å². The molecule has 1 aliphatic heterocycles. The van der Waals surface area contributed by atoms with Crippen molar-refractivity contribution in [2.24, 2.45) is 5.41 Å². The van der Waals surface area contributed by atoms with Gasteiger partial charge in [-0.1, -0.05) is 6.92 Å². The van der Waals surface area contributed by atoms with Crippen molar-refractivity contribution in [1.29, 1.82) is 0 Å². The molecule has 1 saturated heterocycles. The number of rotatable bonds is 2. The second kappa shape index (κ2) is 4.06. The fourth-order valence-electron chi connectivity index (χ4n) is 1.99. The molecule has 0 aromatic carbocycles. The van der Waals surface area contributed by atoms with Crippen LogP contribution in [-0.4, -0.2) is 28.0 Å². The topological polar surface area (TPSA) is 42.8 Å². The van der Waals surface area contributed by atoms with Crippen LogP contribution in [-0.2, 0) is 11.3 Å². The minimum Gasteiger partial charge on any atom is -0.381 e. The summed E-state index contributed by atoms with van der Waals surface area (Å²) in [5.41, 5.74) is 0.297. The largest absolute Gasteiger partial charge is 0.381 e. The third-order valence-electron chi connectivity index (χ3n) is 3.19. The summed E-state index contributed by atoms with van der Waals surface area (Å²) >= 11 is 5.20. The van der Waals surface area contributed by atoms with E-state index in [2.05, 4.69) is 21.7 Å². The van der Waals surface area contributed by atoms with Crippen molar-refractivity contribution in [3.8, 4) is 0 Å². The van der Waals surface area contributed by atoms with Crippen molar-refractivity contribution in [3.63, 3.8) is 0 Å². The van der Waals surface area contributed by atoms with Crippen LogP contribution >= 0.6 is 12.2 Å². The molecule has 0 spiro atoms. The van der Waals surface area contributed by atoms with Gasteiger partial charge in [0.05, 0.1) is 0 Å². The molecule has 15 heavy (non-hydrogen) atoms. The van der Waals surface area contributed by atoms with Crippen molar-refractivity contribution in [2.75, 3.05) is 13.2 Å². The Labute approximate surface area is 94.6 Å². The monoisotopic (exact) mass is 227 g/mol. The molecular weight excluding hydrogens is 210 g/mol. The lowest BCUT2D eigenvalue weighted by Gasteiger charge is -2.33. The molecule has 2 heterocycles. The number of aryl methyl sites for hydroxylation is 1. The Morgan fingerprint density at radius 3 is 2.73 bits per heavy atom. The lowest BCUT2D eigenvalue weighted by atomic mass is 9.82. The normalized spacial score (nSPS) is 20.4. The summed E-state index contributed by atoms with van der Waals surface area (Å²) in [5.74, 6) is 0.965. The first-order valence-electron chi connectivity index (χ1n) is 5.30. The van der Waals surface area contributed by atoms with E-state index in [0.29, 0.717) is 5.41 Å². The molecular formula is C10H17N3OS. The number of hydrogen-bond acceptors (Lipinski definition) is 3. The van der Waals surface area contributed by atoms with Crippen molar-refractivity contribution in [2.45, 2.75) is 33.2 Å². The minimum absolute atomic E-state index is 0.297. The second-order valence-electron chi connectivity index (χ2n) is 4.59. The maximum Gasteiger partial charge on any atom is 0.195 e. The smallest absolute Gasteiger partial charge is 0.195 e. The number of nitrogens with zero attached hydrogens (tertiary/aromatic N) is 2. The highest BCUT2D eigenvalue weighted by atomic mass is 32.1. The first-order chi connectivity index (χ1) is 7.11. The summed E-state index contributed by atoms with van der Waals surface area (Å²) in [6.07, 6.45) is 2.19. The number of nitrogens with one attached hydrogen (secondary N) is 1. The molecule has 1 aromatic heterocycles. The van der Waals surface area contributed by atoms with E-state index >= 15 is 0 Å². The van der Waals surface area contributed by atoms with E-state index in [-0.39, 0.29) is 0 Å². The van der Waals surface area contributed by atoms with Crippen LogP contribution in [0.3, 0.4) is 0 Å². The van der Waals surface area contributed by atoms with Gasteiger partial charge in [-0.05, 0) is 37.4 Å². The third kappa shape index (κ3) is 2.29. The van der Waals surface area contributed by atoms with Crippen LogP contribution in [0, 0.1) is 17.1 Å². The number of hydrogen-bond donors (Lipinski definition) is 1. The summed E-state index contributed by atoms with van der Waals surface area (Å²) in [7, 11) is 0. The number of aromatic amines is 1. The number of ether oxygens (including phenoxy) is 1. The standard InChI is InChI=1S/C10H17N3OS/c1-8-11-12-9(15)13(8)7-10(2)3-5-14-6-4-10/h3-7H2,1-2H3,(H,12,15). The zero-order valence-electron chi connectivity index (χ0n) is 9.25. The predicted molar refractivity (Wildman–Crippen MR) is 60.3 cm³/mol. The second-order valence-corrected chi connectivity index (χ2v) is 4.97. The number of aromatic nitrogens is 3. The molecule has 0 bridgehead atoms. The van der Waals surface area contributed by atoms with Crippen LogP contribution in [0.5, 0.6) is 0 Å². The van der Waals surface area contributed by atoms with Crippen molar-refractivity contribution >= 4 is 12.2 Å². The molecule has 4 nitrogen and oxygen atoms in total. The van der Waals surface area contributed by atoms with Crippen LogP contribution in [0.2, 0.25) is 0 Å². The van der Waals surface area contributed by atoms with E-state index in [1.54, 1.807) is 0 Å². The maximum absolute atomic E-state index is 5.39. The molecule has 0 unspecified atom stereocenters. The molecule has 1 aromatic rings. The molecule has 1 fully saturated rings. The van der Waals surface area contributed by atoms with E-state index in [0.717, 1.165) is 43.2 Å². The molecule has 84 valence electrons. The zero-order chi connectivity index (χ0) is 10.9. The van der Waals surface area contributed by atoms with E-state index in [1.807, 2.05) is 6.92 Å². The highest BCUT2D eigenvalue weighted by Crippen LogP contribution is 2.31. The lowest BCUT2D eigenvalue weighted by Crippen LogP contribution is -2.31. The maximum atomic E-state index is 5.39. The molecule has 1 N–H and O–H groups in total. The van der Waals surface area contributed by atoms with Gasteiger partial charge in [0, 0.05) is 19.8 Å². The van der Waals surface area contributed by atoms with E-state index in [4.69, 9.17) is 17.0 Å². The Kier molecular flexibility index (Phi) is 2.93. The molecule has 0 atom stereocenters. The SMILES string of the molecule is Cc1n[nH]c(=S)n1CC1(C)CCOCC1. The molecule has 0 radical (unpaired) electrons. The highest BCUT2D eigenvalue weighted by Gasteiger charge is 2.28. The quantitative estimate of drug-likeness (QED) is 0.786. The Morgan fingerprint density at radius 2 is 2.20 bits per heavy atom. The molecule has 0 amide bonds. The fourth-order valence-corrected chi connectivity index (χ4v) is 2.23. The van der Waals surface area contributed by atoms with Gasteiger partial charge in [0.2, 0.25) is 0 Å². The fraction of sp³-hybridized carbons (Fsp3) is 0.800. The van der Waals surface area contributed by atoms with Gasteiger partial charge < -0.3 is 9.30 Å². The Hall–Kier alpha value is -0.680. The van der Waals surface area contributed by atoms with Gasteiger partial charge in [-0.2, -0.15) is 5.10 Å². The van der Waals surface area contributed by atoms with Gasteiger partial charge in [0.1, 0.15) is 5.82 Å². The zero-order valence-corrected chi connectivity index (χ0v) is 10.1. The molecule has 1 aliphatic rings. The lowest BCUT2D eigenvalue weighted by molar-refractivity contribution is 0.0150. The summed E-state index contributed by atoms with van der Waals surface area (Å²) in [6.45, 7) is 6.94. The Balaban J connectivity index is 2.17. The van der Waals surface area contributed by atoms with Gasteiger partial charge in [-0.25, -0.2) is 0 Å². The predicted octanol–water partition coefficient (Wildman–Crippen LogP) is 2.07. The Bertz CT molecular complexity index is 390. The van der Waals surface area contributed by atoms with Crippen LogP contribution in [0.4, 0.5) is 0 Å². The van der Waals surface area contributed by atoms with Gasteiger partial charge in [0.25, 0.3) is 0 Å². The van der Waals surface area contributed by atoms with Crippen molar-refractivity contribution < 1.29 is 4.74 Å². The van der Waals surface area contributed by atoms with Gasteiger partial charge in [-0.3, -0.25) is 5.10 Å². The molecule has 0 saturated carbocycles. The van der Waals surface area contributed by atoms with E-state index in [1.165, 1.54) is 0 Å². The van der Waals surface area contributed by atoms with Crippen LogP contribution in [0.1, 0.15) is 25.6 Å². The van der Waals surface area contributed by atoms with Crippen LogP contribution in [0.25, 0.3) is 0 Å². The number of H-pyrrole nitrogens is 1. The van der Waals surface area contributed by atoms with E-state index in [9.17, 15) is 0 Å². The molecule has 2 rings (SSSR count). The summed E-state index contributed by atoms with van der Waals surface area (Å²) in [4.78, 5) is 0. The Morgan fingerprint density at radius 1 is 1.53 bits per heavy atom. The third-order valence-corrected chi connectivity index (χ3v) is 3.50. The molecule has 0 aliphatic carbocycles. The van der Waals surface area contributed by atoms with Crippen LogP contribution < -0.4 is 0 Å². The van der Waals surface area contributed by atoms with Gasteiger partial charge in [-0.15, -0.1) is 0 Å². The average Bonchev–Trinajstić information content (AvgIpc) is 2.50. The summed E-state index contributed by atoms with van der Waals surface area (Å²) in [6, 6.07) is 0.